The van der Waals surface area contributed by atoms with Gasteiger partial charge in [0.2, 0.25) is 0 Å². The standard InChI is InChI=1S/C10H10ClNO3/c1-7(13)6-15-10(14)12-9-4-2-8(11)3-5-9/h2-5H,6H2,1H3,(H,12,14). The highest BCUT2D eigenvalue weighted by atomic mass is 35.5. The van der Waals surface area contributed by atoms with Crippen LogP contribution in [-0.2, 0) is 9.53 Å². The molecule has 1 rings (SSSR count). The van der Waals surface area contributed by atoms with Crippen molar-refractivity contribution >= 4 is 29.2 Å². The van der Waals surface area contributed by atoms with Crippen molar-refractivity contribution < 1.29 is 14.3 Å². The summed E-state index contributed by atoms with van der Waals surface area (Å²) in [4.78, 5) is 21.6. The molecule has 0 atom stereocenters. The third-order valence-electron chi connectivity index (χ3n) is 1.50. The van der Waals surface area contributed by atoms with Gasteiger partial charge in [0.1, 0.15) is 0 Å². The van der Waals surface area contributed by atoms with E-state index in [1.54, 1.807) is 24.3 Å². The van der Waals surface area contributed by atoms with Gasteiger partial charge in [-0.05, 0) is 31.2 Å². The molecule has 0 aliphatic rings. The van der Waals surface area contributed by atoms with E-state index in [0.717, 1.165) is 0 Å². The maximum absolute atomic E-state index is 11.1. The molecule has 4 nitrogen and oxygen atoms in total. The molecular weight excluding hydrogens is 218 g/mol. The van der Waals surface area contributed by atoms with Crippen LogP contribution in [0.15, 0.2) is 24.3 Å². The lowest BCUT2D eigenvalue weighted by Gasteiger charge is -2.05. The van der Waals surface area contributed by atoms with Gasteiger partial charge in [0, 0.05) is 10.7 Å². The van der Waals surface area contributed by atoms with Gasteiger partial charge in [0.25, 0.3) is 0 Å². The van der Waals surface area contributed by atoms with Gasteiger partial charge in [-0.25, -0.2) is 4.79 Å². The molecule has 1 aromatic carbocycles. The summed E-state index contributed by atoms with van der Waals surface area (Å²) in [5.41, 5.74) is 0.563. The highest BCUT2D eigenvalue weighted by Crippen LogP contribution is 2.13. The van der Waals surface area contributed by atoms with E-state index in [0.29, 0.717) is 10.7 Å². The first kappa shape index (κ1) is 11.5. The summed E-state index contributed by atoms with van der Waals surface area (Å²) in [7, 11) is 0. The number of carbonyl (C=O) groups is 2. The summed E-state index contributed by atoms with van der Waals surface area (Å²) >= 11 is 5.66. The SMILES string of the molecule is CC(=O)COC(=O)Nc1ccc(Cl)cc1. The largest absolute Gasteiger partial charge is 0.441 e. The third-order valence-corrected chi connectivity index (χ3v) is 1.75. The zero-order valence-electron chi connectivity index (χ0n) is 8.12. The number of amides is 1. The fourth-order valence-electron chi connectivity index (χ4n) is 0.854. The Bertz CT molecular complexity index is 361. The predicted octanol–water partition coefficient (Wildman–Crippen LogP) is 2.48. The third kappa shape index (κ3) is 4.46. The number of Topliss-reactive ketones (excluding diaryl/α,β-unsaturated/α-hetero) is 1. The molecule has 0 saturated heterocycles. The van der Waals surface area contributed by atoms with Crippen LogP contribution in [0.2, 0.25) is 5.02 Å². The van der Waals surface area contributed by atoms with Gasteiger partial charge in [0.15, 0.2) is 12.4 Å². The molecule has 0 bridgehead atoms. The number of hydrogen-bond donors (Lipinski definition) is 1. The number of nitrogens with one attached hydrogen (secondary N) is 1. The van der Waals surface area contributed by atoms with Crippen LogP contribution >= 0.6 is 11.6 Å². The van der Waals surface area contributed by atoms with Crippen LogP contribution in [0.5, 0.6) is 0 Å². The highest BCUT2D eigenvalue weighted by molar-refractivity contribution is 6.30. The molecule has 1 aromatic rings. The van der Waals surface area contributed by atoms with Crippen LogP contribution in [0.25, 0.3) is 0 Å². The molecule has 0 heterocycles. The molecule has 0 spiro atoms. The van der Waals surface area contributed by atoms with E-state index in [1.807, 2.05) is 0 Å². The zero-order chi connectivity index (χ0) is 11.3. The Morgan fingerprint density at radius 3 is 2.47 bits per heavy atom. The van der Waals surface area contributed by atoms with E-state index < -0.39 is 6.09 Å². The minimum absolute atomic E-state index is 0.207. The first-order valence-electron chi connectivity index (χ1n) is 4.26. The number of rotatable bonds is 3. The van der Waals surface area contributed by atoms with Crippen molar-refractivity contribution in [3.05, 3.63) is 29.3 Å². The van der Waals surface area contributed by atoms with Gasteiger partial charge in [-0.3, -0.25) is 10.1 Å². The van der Waals surface area contributed by atoms with Crippen molar-refractivity contribution in [2.24, 2.45) is 0 Å². The molecule has 0 saturated carbocycles. The number of ether oxygens (including phenoxy) is 1. The summed E-state index contributed by atoms with van der Waals surface area (Å²) in [5.74, 6) is -0.207. The average Bonchev–Trinajstić information content (AvgIpc) is 2.19. The summed E-state index contributed by atoms with van der Waals surface area (Å²) in [5, 5.41) is 3.03. The fraction of sp³-hybridized carbons (Fsp3) is 0.200. The second kappa shape index (κ2) is 5.36. The molecule has 15 heavy (non-hydrogen) atoms. The molecule has 0 aromatic heterocycles. The lowest BCUT2D eigenvalue weighted by Crippen LogP contribution is -2.17. The molecule has 0 unspecified atom stereocenters. The van der Waals surface area contributed by atoms with Crippen LogP contribution in [0, 0.1) is 0 Å². The molecular formula is C10H10ClNO3. The van der Waals surface area contributed by atoms with Crippen molar-refractivity contribution in [3.8, 4) is 0 Å². The van der Waals surface area contributed by atoms with Crippen molar-refractivity contribution in [2.75, 3.05) is 11.9 Å². The lowest BCUT2D eigenvalue weighted by molar-refractivity contribution is -0.119. The van der Waals surface area contributed by atoms with Crippen LogP contribution in [0.1, 0.15) is 6.92 Å². The zero-order valence-corrected chi connectivity index (χ0v) is 8.88. The Morgan fingerprint density at radius 2 is 1.93 bits per heavy atom. The number of anilines is 1. The second-order valence-corrected chi connectivity index (χ2v) is 3.35. The monoisotopic (exact) mass is 227 g/mol. The van der Waals surface area contributed by atoms with Gasteiger partial charge in [-0.15, -0.1) is 0 Å². The first-order chi connectivity index (χ1) is 7.08. The molecule has 0 fully saturated rings. The van der Waals surface area contributed by atoms with E-state index in [2.05, 4.69) is 10.1 Å². The summed E-state index contributed by atoms with van der Waals surface area (Å²) < 4.78 is 4.61. The second-order valence-electron chi connectivity index (χ2n) is 2.91. The molecule has 0 aliphatic heterocycles. The van der Waals surface area contributed by atoms with Crippen molar-refractivity contribution in [2.45, 2.75) is 6.92 Å². The van der Waals surface area contributed by atoms with E-state index >= 15 is 0 Å². The minimum Gasteiger partial charge on any atom is -0.441 e. The number of carbonyl (C=O) groups excluding carboxylic acids is 2. The van der Waals surface area contributed by atoms with E-state index in [1.165, 1.54) is 6.92 Å². The maximum atomic E-state index is 11.1. The Kier molecular flexibility index (Phi) is 4.12. The number of halogens is 1. The Balaban J connectivity index is 2.44. The van der Waals surface area contributed by atoms with Gasteiger partial charge < -0.3 is 4.74 Å². The van der Waals surface area contributed by atoms with Crippen molar-refractivity contribution in [3.63, 3.8) is 0 Å². The van der Waals surface area contributed by atoms with E-state index in [9.17, 15) is 9.59 Å². The Labute approximate surface area is 92.2 Å². The smallest absolute Gasteiger partial charge is 0.412 e. The molecule has 80 valence electrons. The van der Waals surface area contributed by atoms with Gasteiger partial charge in [-0.1, -0.05) is 11.6 Å². The first-order valence-corrected chi connectivity index (χ1v) is 4.64. The quantitative estimate of drug-likeness (QED) is 0.863. The number of benzene rings is 1. The van der Waals surface area contributed by atoms with Crippen LogP contribution in [0.3, 0.4) is 0 Å². The van der Waals surface area contributed by atoms with Gasteiger partial charge in [0.05, 0.1) is 0 Å². The lowest BCUT2D eigenvalue weighted by atomic mass is 10.3. The van der Waals surface area contributed by atoms with Gasteiger partial charge >= 0.3 is 6.09 Å². The molecule has 1 N–H and O–H groups in total. The summed E-state index contributed by atoms with van der Waals surface area (Å²) in [6.07, 6.45) is -0.660. The molecule has 0 radical (unpaired) electrons. The summed E-state index contributed by atoms with van der Waals surface area (Å²) in [6.45, 7) is 1.12. The fourth-order valence-corrected chi connectivity index (χ4v) is 0.980. The Hall–Kier alpha value is -1.55. The van der Waals surface area contributed by atoms with Crippen LogP contribution in [-0.4, -0.2) is 18.5 Å². The average molecular weight is 228 g/mol. The van der Waals surface area contributed by atoms with Crippen molar-refractivity contribution in [1.29, 1.82) is 0 Å². The number of hydrogen-bond acceptors (Lipinski definition) is 3. The normalized spacial score (nSPS) is 9.47. The molecule has 0 aliphatic carbocycles. The van der Waals surface area contributed by atoms with E-state index in [-0.39, 0.29) is 12.4 Å². The summed E-state index contributed by atoms with van der Waals surface area (Å²) in [6, 6.07) is 6.55. The van der Waals surface area contributed by atoms with Crippen LogP contribution in [0.4, 0.5) is 10.5 Å². The number of ketones is 1. The van der Waals surface area contributed by atoms with Gasteiger partial charge in [-0.2, -0.15) is 0 Å². The van der Waals surface area contributed by atoms with E-state index in [4.69, 9.17) is 11.6 Å². The van der Waals surface area contributed by atoms with Crippen molar-refractivity contribution in [1.82, 2.24) is 0 Å². The predicted molar refractivity (Wildman–Crippen MR) is 57.1 cm³/mol. The topological polar surface area (TPSA) is 55.4 Å². The minimum atomic E-state index is -0.660. The van der Waals surface area contributed by atoms with Crippen LogP contribution < -0.4 is 5.32 Å². The highest BCUT2D eigenvalue weighted by Gasteiger charge is 2.03. The molecule has 5 heteroatoms. The maximum Gasteiger partial charge on any atom is 0.412 e. The Morgan fingerprint density at radius 1 is 1.33 bits per heavy atom. The molecule has 1 amide bonds.